The van der Waals surface area contributed by atoms with Crippen LogP contribution in [0.3, 0.4) is 0 Å². The maximum absolute atomic E-state index is 12.7. The van der Waals surface area contributed by atoms with Gasteiger partial charge in [-0.05, 0) is 31.5 Å². The number of esters is 1. The highest BCUT2D eigenvalue weighted by Gasteiger charge is 2.23. The number of amides is 1. The SMILES string of the molecule is COC(=O)[C@@H](Cc1ccccc1)NC(=O)Cc1c(C)nn(-c2ccccc2)c1C. The molecule has 1 atom stereocenters. The Morgan fingerprint density at radius 1 is 1.03 bits per heavy atom. The fraction of sp³-hybridized carbons (Fsp3) is 0.261. The van der Waals surface area contributed by atoms with Gasteiger partial charge < -0.3 is 10.1 Å². The molecular weight excluding hydrogens is 366 g/mol. The minimum Gasteiger partial charge on any atom is -0.467 e. The summed E-state index contributed by atoms with van der Waals surface area (Å²) in [6, 6.07) is 18.6. The zero-order valence-electron chi connectivity index (χ0n) is 16.9. The van der Waals surface area contributed by atoms with E-state index in [-0.39, 0.29) is 12.3 Å². The summed E-state index contributed by atoms with van der Waals surface area (Å²) in [6.45, 7) is 3.83. The maximum atomic E-state index is 12.7. The molecule has 1 N–H and O–H groups in total. The number of carbonyl (C=O) groups excluding carboxylic acids is 2. The van der Waals surface area contributed by atoms with E-state index in [1.165, 1.54) is 7.11 Å². The lowest BCUT2D eigenvalue weighted by Crippen LogP contribution is -2.43. The van der Waals surface area contributed by atoms with E-state index >= 15 is 0 Å². The number of para-hydroxylation sites is 1. The molecule has 6 heteroatoms. The van der Waals surface area contributed by atoms with Gasteiger partial charge in [-0.25, -0.2) is 9.48 Å². The molecule has 0 radical (unpaired) electrons. The molecule has 1 heterocycles. The topological polar surface area (TPSA) is 73.2 Å². The van der Waals surface area contributed by atoms with Gasteiger partial charge in [0, 0.05) is 17.7 Å². The number of hydrogen-bond acceptors (Lipinski definition) is 4. The lowest BCUT2D eigenvalue weighted by atomic mass is 10.0. The fourth-order valence-corrected chi connectivity index (χ4v) is 3.34. The maximum Gasteiger partial charge on any atom is 0.328 e. The number of benzene rings is 2. The molecule has 0 saturated carbocycles. The molecule has 0 fully saturated rings. The van der Waals surface area contributed by atoms with E-state index in [9.17, 15) is 9.59 Å². The highest BCUT2D eigenvalue weighted by molar-refractivity contribution is 5.86. The summed E-state index contributed by atoms with van der Waals surface area (Å²) >= 11 is 0. The van der Waals surface area contributed by atoms with Crippen molar-refractivity contribution in [2.24, 2.45) is 0 Å². The number of carbonyl (C=O) groups is 2. The Morgan fingerprint density at radius 3 is 2.28 bits per heavy atom. The van der Waals surface area contributed by atoms with Crippen LogP contribution >= 0.6 is 0 Å². The van der Waals surface area contributed by atoms with Gasteiger partial charge in [-0.15, -0.1) is 0 Å². The van der Waals surface area contributed by atoms with Crippen LogP contribution in [0.25, 0.3) is 5.69 Å². The standard InChI is InChI=1S/C23H25N3O3/c1-16-20(17(2)26(25-16)19-12-8-5-9-13-19)15-22(27)24-21(23(28)29-3)14-18-10-6-4-7-11-18/h4-13,21H,14-15H2,1-3H3,(H,24,27)/t21-/m1/s1. The predicted octanol–water partition coefficient (Wildman–Crippen LogP) is 2.93. The Labute approximate surface area is 170 Å². The molecule has 150 valence electrons. The Hall–Kier alpha value is -3.41. The number of aryl methyl sites for hydroxylation is 1. The molecule has 0 aliphatic rings. The van der Waals surface area contributed by atoms with E-state index in [0.29, 0.717) is 6.42 Å². The van der Waals surface area contributed by atoms with Crippen molar-refractivity contribution in [3.05, 3.63) is 83.2 Å². The van der Waals surface area contributed by atoms with Crippen LogP contribution in [0.4, 0.5) is 0 Å². The number of nitrogens with zero attached hydrogens (tertiary/aromatic N) is 2. The first-order chi connectivity index (χ1) is 14.0. The second-order valence-corrected chi connectivity index (χ2v) is 6.91. The van der Waals surface area contributed by atoms with Gasteiger partial charge in [-0.1, -0.05) is 48.5 Å². The molecule has 0 bridgehead atoms. The monoisotopic (exact) mass is 391 g/mol. The summed E-state index contributed by atoms with van der Waals surface area (Å²) in [5, 5.41) is 7.39. The number of methoxy groups -OCH3 is 1. The van der Waals surface area contributed by atoms with Crippen LogP contribution in [-0.4, -0.2) is 34.8 Å². The average Bonchev–Trinajstić information content (AvgIpc) is 3.02. The highest BCUT2D eigenvalue weighted by Crippen LogP contribution is 2.18. The van der Waals surface area contributed by atoms with Gasteiger partial charge in [0.05, 0.1) is 24.9 Å². The predicted molar refractivity (Wildman–Crippen MR) is 111 cm³/mol. The van der Waals surface area contributed by atoms with Crippen LogP contribution < -0.4 is 5.32 Å². The zero-order chi connectivity index (χ0) is 20.8. The third-order valence-corrected chi connectivity index (χ3v) is 4.88. The first-order valence-electron chi connectivity index (χ1n) is 9.51. The van der Waals surface area contributed by atoms with Crippen LogP contribution in [-0.2, 0) is 27.2 Å². The second kappa shape index (κ2) is 9.19. The summed E-state index contributed by atoms with van der Waals surface area (Å²) in [4.78, 5) is 24.9. The van der Waals surface area contributed by atoms with E-state index in [0.717, 1.165) is 28.2 Å². The third-order valence-electron chi connectivity index (χ3n) is 4.88. The number of aromatic nitrogens is 2. The van der Waals surface area contributed by atoms with Gasteiger partial charge in [-0.2, -0.15) is 5.10 Å². The quantitative estimate of drug-likeness (QED) is 0.629. The molecule has 2 aromatic carbocycles. The van der Waals surface area contributed by atoms with E-state index in [2.05, 4.69) is 10.4 Å². The molecule has 3 rings (SSSR count). The molecule has 6 nitrogen and oxygen atoms in total. The van der Waals surface area contributed by atoms with Crippen molar-refractivity contribution in [2.45, 2.75) is 32.7 Å². The molecular formula is C23H25N3O3. The minimum absolute atomic E-state index is 0.146. The van der Waals surface area contributed by atoms with Gasteiger partial charge in [0.1, 0.15) is 6.04 Å². The number of ether oxygens (including phenoxy) is 1. The van der Waals surface area contributed by atoms with E-state index in [4.69, 9.17) is 4.74 Å². The van der Waals surface area contributed by atoms with E-state index < -0.39 is 12.0 Å². The van der Waals surface area contributed by atoms with Crippen LogP contribution in [0.15, 0.2) is 60.7 Å². The van der Waals surface area contributed by atoms with Crippen molar-refractivity contribution in [2.75, 3.05) is 7.11 Å². The molecule has 29 heavy (non-hydrogen) atoms. The van der Waals surface area contributed by atoms with Crippen LogP contribution in [0, 0.1) is 13.8 Å². The van der Waals surface area contributed by atoms with Crippen LogP contribution in [0.1, 0.15) is 22.5 Å². The van der Waals surface area contributed by atoms with Crippen molar-refractivity contribution in [3.8, 4) is 5.69 Å². The van der Waals surface area contributed by atoms with Crippen LogP contribution in [0.5, 0.6) is 0 Å². The Morgan fingerprint density at radius 2 is 1.66 bits per heavy atom. The minimum atomic E-state index is -0.736. The molecule has 3 aromatic rings. The van der Waals surface area contributed by atoms with Crippen molar-refractivity contribution in [3.63, 3.8) is 0 Å². The van der Waals surface area contributed by atoms with Crippen molar-refractivity contribution in [1.29, 1.82) is 0 Å². The van der Waals surface area contributed by atoms with Gasteiger partial charge in [0.2, 0.25) is 5.91 Å². The smallest absolute Gasteiger partial charge is 0.328 e. The number of rotatable bonds is 7. The Kier molecular flexibility index (Phi) is 6.44. The molecule has 0 unspecified atom stereocenters. The summed E-state index contributed by atoms with van der Waals surface area (Å²) in [5.41, 5.74) is 4.44. The van der Waals surface area contributed by atoms with Crippen molar-refractivity contribution >= 4 is 11.9 Å². The van der Waals surface area contributed by atoms with Gasteiger partial charge >= 0.3 is 5.97 Å². The van der Waals surface area contributed by atoms with Crippen LogP contribution in [0.2, 0.25) is 0 Å². The molecule has 0 saturated heterocycles. The lowest BCUT2D eigenvalue weighted by Gasteiger charge is -2.17. The summed E-state index contributed by atoms with van der Waals surface area (Å²) in [5.74, 6) is -0.703. The molecule has 1 amide bonds. The Balaban J connectivity index is 1.75. The van der Waals surface area contributed by atoms with Gasteiger partial charge in [0.15, 0.2) is 0 Å². The van der Waals surface area contributed by atoms with Crippen molar-refractivity contribution in [1.82, 2.24) is 15.1 Å². The van der Waals surface area contributed by atoms with E-state index in [1.54, 1.807) is 0 Å². The highest BCUT2D eigenvalue weighted by atomic mass is 16.5. The molecule has 1 aromatic heterocycles. The second-order valence-electron chi connectivity index (χ2n) is 6.91. The average molecular weight is 391 g/mol. The zero-order valence-corrected chi connectivity index (χ0v) is 16.9. The molecule has 0 aliphatic carbocycles. The normalized spacial score (nSPS) is 11.7. The summed E-state index contributed by atoms with van der Waals surface area (Å²) < 4.78 is 6.71. The fourth-order valence-electron chi connectivity index (χ4n) is 3.34. The van der Waals surface area contributed by atoms with Crippen molar-refractivity contribution < 1.29 is 14.3 Å². The summed E-state index contributed by atoms with van der Waals surface area (Å²) in [7, 11) is 1.32. The summed E-state index contributed by atoms with van der Waals surface area (Å²) in [6.07, 6.45) is 0.521. The van der Waals surface area contributed by atoms with E-state index in [1.807, 2.05) is 79.2 Å². The first-order valence-corrected chi connectivity index (χ1v) is 9.51. The van der Waals surface area contributed by atoms with Gasteiger partial charge in [-0.3, -0.25) is 4.79 Å². The molecule has 0 spiro atoms. The Bertz CT molecular complexity index is 981. The largest absolute Gasteiger partial charge is 0.467 e. The first kappa shape index (κ1) is 20.3. The molecule has 0 aliphatic heterocycles. The third kappa shape index (κ3) is 4.90. The lowest BCUT2D eigenvalue weighted by molar-refractivity contribution is -0.145. The van der Waals surface area contributed by atoms with Gasteiger partial charge in [0.25, 0.3) is 0 Å². The number of nitrogens with one attached hydrogen (secondary N) is 1. The number of hydrogen-bond donors (Lipinski definition) is 1.